The van der Waals surface area contributed by atoms with Gasteiger partial charge in [0.15, 0.2) is 0 Å². The maximum atomic E-state index is 13.3. The maximum absolute atomic E-state index is 13.3. The highest BCUT2D eigenvalue weighted by molar-refractivity contribution is 5.93. The summed E-state index contributed by atoms with van der Waals surface area (Å²) in [5.74, 6) is -1.57. The van der Waals surface area contributed by atoms with Crippen LogP contribution in [0.15, 0.2) is 30.3 Å². The zero-order valence-corrected chi connectivity index (χ0v) is 19.9. The number of esters is 1. The summed E-state index contributed by atoms with van der Waals surface area (Å²) >= 11 is 0. The Hall–Kier alpha value is -3.14. The van der Waals surface area contributed by atoms with E-state index in [9.17, 15) is 24.3 Å². The second kappa shape index (κ2) is 10.9. The molecule has 10 nitrogen and oxygen atoms in total. The van der Waals surface area contributed by atoms with Crippen LogP contribution in [0.2, 0.25) is 0 Å². The highest BCUT2D eigenvalue weighted by atomic mass is 16.6. The van der Waals surface area contributed by atoms with Crippen molar-refractivity contribution in [1.29, 1.82) is 0 Å². The fourth-order valence-corrected chi connectivity index (χ4v) is 4.13. The smallest absolute Gasteiger partial charge is 0.410 e. The van der Waals surface area contributed by atoms with E-state index in [1.807, 2.05) is 30.3 Å². The van der Waals surface area contributed by atoms with E-state index in [-0.39, 0.29) is 26.1 Å². The van der Waals surface area contributed by atoms with Gasteiger partial charge in [0.1, 0.15) is 30.8 Å². The van der Waals surface area contributed by atoms with E-state index < -0.39 is 47.7 Å². The lowest BCUT2D eigenvalue weighted by Gasteiger charge is -2.32. The van der Waals surface area contributed by atoms with Crippen molar-refractivity contribution in [3.05, 3.63) is 35.9 Å². The van der Waals surface area contributed by atoms with Gasteiger partial charge in [-0.2, -0.15) is 0 Å². The largest absolute Gasteiger partial charge is 0.460 e. The van der Waals surface area contributed by atoms with Gasteiger partial charge in [0, 0.05) is 19.5 Å². The third-order valence-electron chi connectivity index (χ3n) is 5.68. The summed E-state index contributed by atoms with van der Waals surface area (Å²) in [6.45, 7) is 5.34. The first-order chi connectivity index (χ1) is 16.0. The first-order valence-corrected chi connectivity index (χ1v) is 11.5. The summed E-state index contributed by atoms with van der Waals surface area (Å²) in [6.07, 6.45) is -0.317. The van der Waals surface area contributed by atoms with Crippen LogP contribution in [0, 0.1) is 0 Å². The van der Waals surface area contributed by atoms with Crippen molar-refractivity contribution in [3.63, 3.8) is 0 Å². The quantitative estimate of drug-likeness (QED) is 0.593. The van der Waals surface area contributed by atoms with Gasteiger partial charge >= 0.3 is 12.1 Å². The number of nitrogens with one attached hydrogen (secondary N) is 1. The van der Waals surface area contributed by atoms with Crippen molar-refractivity contribution in [2.24, 2.45) is 0 Å². The summed E-state index contributed by atoms with van der Waals surface area (Å²) < 4.78 is 10.6. The lowest BCUT2D eigenvalue weighted by molar-refractivity contribution is -0.146. The van der Waals surface area contributed by atoms with Crippen LogP contribution in [0.3, 0.4) is 0 Å². The van der Waals surface area contributed by atoms with Crippen LogP contribution in [0.5, 0.6) is 0 Å². The van der Waals surface area contributed by atoms with Gasteiger partial charge < -0.3 is 24.8 Å². The Morgan fingerprint density at radius 3 is 2.47 bits per heavy atom. The van der Waals surface area contributed by atoms with Crippen LogP contribution < -0.4 is 5.32 Å². The molecule has 3 atom stereocenters. The molecule has 1 aromatic rings. The second-order valence-corrected chi connectivity index (χ2v) is 9.59. The standard InChI is InChI=1S/C24H33N3O7/c1-24(2,3)34-23(32)26-11-7-10-18(26)22(31)27-14-17(28)12-19(27)21(30)25-13-20(29)33-15-16-8-5-4-6-9-16/h4-6,8-9,17-19,28H,7,10-15H2,1-3H3,(H,25,30)/t17-,18+,19+/m1/s1. The SMILES string of the molecule is CC(C)(C)OC(=O)N1CCC[C@H]1C(=O)N1C[C@H](O)C[C@H]1C(=O)NCC(=O)OCc1ccccc1. The molecule has 1 aromatic carbocycles. The van der Waals surface area contributed by atoms with Crippen LogP contribution in [0.25, 0.3) is 0 Å². The third kappa shape index (κ3) is 6.69. The second-order valence-electron chi connectivity index (χ2n) is 9.59. The van der Waals surface area contributed by atoms with E-state index in [0.717, 1.165) is 5.56 Å². The van der Waals surface area contributed by atoms with Gasteiger partial charge in [-0.15, -0.1) is 0 Å². The maximum Gasteiger partial charge on any atom is 0.410 e. The fraction of sp³-hybridized carbons (Fsp3) is 0.583. The number of hydrogen-bond donors (Lipinski definition) is 2. The number of benzene rings is 1. The first-order valence-electron chi connectivity index (χ1n) is 11.5. The number of carbonyl (C=O) groups is 4. The van der Waals surface area contributed by atoms with Crippen molar-refractivity contribution in [3.8, 4) is 0 Å². The Kier molecular flexibility index (Phi) is 8.14. The lowest BCUT2D eigenvalue weighted by atomic mass is 10.1. The van der Waals surface area contributed by atoms with E-state index in [1.54, 1.807) is 20.8 Å². The topological polar surface area (TPSA) is 125 Å². The van der Waals surface area contributed by atoms with Crippen LogP contribution in [0.1, 0.15) is 45.6 Å². The van der Waals surface area contributed by atoms with Gasteiger partial charge in [0.2, 0.25) is 11.8 Å². The van der Waals surface area contributed by atoms with Crippen molar-refractivity contribution in [2.75, 3.05) is 19.6 Å². The van der Waals surface area contributed by atoms with Gasteiger partial charge in [-0.3, -0.25) is 19.3 Å². The predicted octanol–water partition coefficient (Wildman–Crippen LogP) is 1.21. The Bertz CT molecular complexity index is 900. The molecule has 0 spiro atoms. The Balaban J connectivity index is 1.56. The molecule has 0 bridgehead atoms. The molecule has 0 unspecified atom stereocenters. The molecular formula is C24H33N3O7. The van der Waals surface area contributed by atoms with E-state index in [2.05, 4.69) is 5.32 Å². The zero-order valence-electron chi connectivity index (χ0n) is 19.9. The zero-order chi connectivity index (χ0) is 24.9. The Morgan fingerprint density at radius 2 is 1.79 bits per heavy atom. The minimum atomic E-state index is -0.939. The number of carbonyl (C=O) groups excluding carboxylic acids is 4. The van der Waals surface area contributed by atoms with Crippen LogP contribution in [0.4, 0.5) is 4.79 Å². The van der Waals surface area contributed by atoms with Gasteiger partial charge in [0.25, 0.3) is 0 Å². The van der Waals surface area contributed by atoms with Gasteiger partial charge in [-0.05, 0) is 39.2 Å². The molecule has 10 heteroatoms. The molecule has 0 saturated carbocycles. The molecule has 2 fully saturated rings. The van der Waals surface area contributed by atoms with Crippen molar-refractivity contribution in [2.45, 2.75) is 70.4 Å². The highest BCUT2D eigenvalue weighted by Gasteiger charge is 2.45. The van der Waals surface area contributed by atoms with Crippen LogP contribution in [-0.2, 0) is 30.5 Å². The lowest BCUT2D eigenvalue weighted by Crippen LogP contribution is -2.53. The summed E-state index contributed by atoms with van der Waals surface area (Å²) in [7, 11) is 0. The molecular weight excluding hydrogens is 442 g/mol. The van der Waals surface area contributed by atoms with E-state index in [1.165, 1.54) is 9.80 Å². The molecule has 3 rings (SSSR count). The van der Waals surface area contributed by atoms with Crippen molar-refractivity contribution in [1.82, 2.24) is 15.1 Å². The molecule has 0 aromatic heterocycles. The molecule has 2 aliphatic rings. The Morgan fingerprint density at radius 1 is 1.09 bits per heavy atom. The number of hydrogen-bond acceptors (Lipinski definition) is 7. The average Bonchev–Trinajstić information content (AvgIpc) is 3.42. The van der Waals surface area contributed by atoms with Gasteiger partial charge in [0.05, 0.1) is 6.10 Å². The average molecular weight is 476 g/mol. The fourth-order valence-electron chi connectivity index (χ4n) is 4.13. The third-order valence-corrected chi connectivity index (χ3v) is 5.68. The number of nitrogens with zero attached hydrogens (tertiary/aromatic N) is 2. The minimum Gasteiger partial charge on any atom is -0.460 e. The van der Waals surface area contributed by atoms with E-state index >= 15 is 0 Å². The van der Waals surface area contributed by atoms with Crippen LogP contribution >= 0.6 is 0 Å². The van der Waals surface area contributed by atoms with Crippen molar-refractivity contribution < 1.29 is 33.8 Å². The number of ether oxygens (including phenoxy) is 2. The summed E-state index contributed by atoms with van der Waals surface area (Å²) in [4.78, 5) is 53.3. The first kappa shape index (κ1) is 25.5. The monoisotopic (exact) mass is 475 g/mol. The molecule has 3 amide bonds. The van der Waals surface area contributed by atoms with E-state index in [4.69, 9.17) is 9.47 Å². The predicted molar refractivity (Wildman–Crippen MR) is 121 cm³/mol. The van der Waals surface area contributed by atoms with Crippen LogP contribution in [-0.4, -0.2) is 82.2 Å². The summed E-state index contributed by atoms with van der Waals surface area (Å²) in [6, 6.07) is 7.45. The van der Waals surface area contributed by atoms with Gasteiger partial charge in [-0.1, -0.05) is 30.3 Å². The molecule has 2 heterocycles. The van der Waals surface area contributed by atoms with Crippen molar-refractivity contribution >= 4 is 23.9 Å². The molecule has 2 aliphatic heterocycles. The number of aliphatic hydroxyl groups is 1. The number of aliphatic hydroxyl groups excluding tert-OH is 1. The highest BCUT2D eigenvalue weighted by Crippen LogP contribution is 2.26. The normalized spacial score (nSPS) is 22.4. The van der Waals surface area contributed by atoms with E-state index in [0.29, 0.717) is 19.4 Å². The number of rotatable bonds is 6. The van der Waals surface area contributed by atoms with Gasteiger partial charge in [-0.25, -0.2) is 4.79 Å². The molecule has 186 valence electrons. The molecule has 2 N–H and O–H groups in total. The molecule has 0 aliphatic carbocycles. The minimum absolute atomic E-state index is 0.0198. The summed E-state index contributed by atoms with van der Waals surface area (Å²) in [5, 5.41) is 12.7. The molecule has 34 heavy (non-hydrogen) atoms. The molecule has 0 radical (unpaired) electrons. The molecule has 2 saturated heterocycles. The summed E-state index contributed by atoms with van der Waals surface area (Å²) in [5.41, 5.74) is 0.123. The number of amides is 3. The Labute approximate surface area is 199 Å². The number of likely N-dealkylation sites (tertiary alicyclic amines) is 2. The number of β-amino-alcohol motifs (C(OH)–C–C–N with tert-alkyl or cyclic N) is 1.